The van der Waals surface area contributed by atoms with Crippen LogP contribution < -0.4 is 9.46 Å². The molecular formula is C30H27N5O14S4. The number of hydrogen-bond acceptors (Lipinski definition) is 15. The lowest BCUT2D eigenvalue weighted by Gasteiger charge is -2.12. The van der Waals surface area contributed by atoms with Crippen LogP contribution in [0.15, 0.2) is 102 Å². The zero-order valence-electron chi connectivity index (χ0n) is 27.1. The molecule has 5 rings (SSSR count). The number of aliphatic hydroxyl groups excluding tert-OH is 1. The zero-order valence-corrected chi connectivity index (χ0v) is 30.4. The molecule has 0 aliphatic rings. The van der Waals surface area contributed by atoms with Gasteiger partial charge < -0.3 is 14.9 Å². The number of nitrogens with zero attached hydrogens (tertiary/aromatic N) is 4. The Labute approximate surface area is 301 Å². The van der Waals surface area contributed by atoms with Crippen LogP contribution in [0.3, 0.4) is 0 Å². The maximum atomic E-state index is 12.4. The van der Waals surface area contributed by atoms with Gasteiger partial charge in [-0.05, 0) is 60.3 Å². The molecular weight excluding hydrogens is 783 g/mol. The number of phenols is 1. The number of ether oxygens (including phenoxy) is 1. The van der Waals surface area contributed by atoms with Crippen LogP contribution in [0.5, 0.6) is 11.5 Å². The fraction of sp³-hybridized carbons (Fsp3) is 0.133. The van der Waals surface area contributed by atoms with E-state index in [0.29, 0.717) is 0 Å². The zero-order chi connectivity index (χ0) is 39.1. The summed E-state index contributed by atoms with van der Waals surface area (Å²) in [6.07, 6.45) is 0.897. The topological polar surface area (TPSA) is 308 Å². The number of anilines is 1. The number of aromatic hydroxyl groups is 1. The van der Waals surface area contributed by atoms with Gasteiger partial charge in [0.25, 0.3) is 30.4 Å². The SMILES string of the molecule is Cc1cc(N=Nc2c(S(=O)(=O)O)cc3cc(NS(C)(=O)=O)ccc3c2O)c(OCCO)cc1N=Nc1ccc2c(S(=O)(=O)O)cccc2c1S(=O)(=O)O. The highest BCUT2D eigenvalue weighted by Crippen LogP contribution is 2.44. The van der Waals surface area contributed by atoms with Gasteiger partial charge in [0.15, 0.2) is 5.75 Å². The van der Waals surface area contributed by atoms with E-state index in [2.05, 4.69) is 25.2 Å². The number of phenolic OH excluding ortho intramolecular Hbond substituents is 1. The van der Waals surface area contributed by atoms with Gasteiger partial charge in [-0.2, -0.15) is 30.4 Å². The number of benzene rings is 5. The van der Waals surface area contributed by atoms with Gasteiger partial charge in [0.05, 0.1) is 18.6 Å². The first kappa shape index (κ1) is 39.1. The summed E-state index contributed by atoms with van der Waals surface area (Å²) < 4.78 is 134. The molecule has 280 valence electrons. The monoisotopic (exact) mass is 809 g/mol. The number of aryl methyl sites for hydroxylation is 1. The minimum atomic E-state index is -5.06. The summed E-state index contributed by atoms with van der Waals surface area (Å²) in [5.41, 5.74) is -0.872. The standard InChI is InChI=1S/C30H27N5O14S4/c1-16-12-24(33-34-28-27(52(43,44)45)14-17-13-18(35-50(2,38)39)6-7-19(17)29(28)37)25(49-11-10-36)15-23(16)32-31-22-9-8-20-21(30(22)53(46,47)48)4-3-5-26(20)51(40,41)42/h3-9,12-15,35-37H,10-11H2,1-2H3,(H,40,41,42)(H,43,44,45)(H,46,47,48). The van der Waals surface area contributed by atoms with Crippen LogP contribution in [-0.4, -0.2) is 77.0 Å². The number of rotatable bonds is 12. The predicted molar refractivity (Wildman–Crippen MR) is 190 cm³/mol. The van der Waals surface area contributed by atoms with Crippen molar-refractivity contribution in [2.24, 2.45) is 20.5 Å². The van der Waals surface area contributed by atoms with Gasteiger partial charge in [-0.3, -0.25) is 18.4 Å². The van der Waals surface area contributed by atoms with E-state index in [9.17, 15) is 57.5 Å². The van der Waals surface area contributed by atoms with Gasteiger partial charge in [-0.15, -0.1) is 15.3 Å². The second-order valence-corrected chi connectivity index (χ2v) is 17.0. The highest BCUT2D eigenvalue weighted by Gasteiger charge is 2.25. The molecule has 5 aromatic carbocycles. The van der Waals surface area contributed by atoms with Crippen LogP contribution in [0.2, 0.25) is 0 Å². The minimum Gasteiger partial charge on any atom is -0.505 e. The lowest BCUT2D eigenvalue weighted by Crippen LogP contribution is -2.09. The lowest BCUT2D eigenvalue weighted by molar-refractivity contribution is 0.202. The summed E-state index contributed by atoms with van der Waals surface area (Å²) in [5.74, 6) is -0.864. The molecule has 53 heavy (non-hydrogen) atoms. The molecule has 0 spiro atoms. The molecule has 0 atom stereocenters. The Bertz CT molecular complexity index is 2830. The van der Waals surface area contributed by atoms with Crippen LogP contribution in [0.4, 0.5) is 28.4 Å². The Morgan fingerprint density at radius 3 is 1.94 bits per heavy atom. The first-order valence-corrected chi connectivity index (χ1v) is 20.8. The summed E-state index contributed by atoms with van der Waals surface area (Å²) in [6.45, 7) is 0.734. The maximum absolute atomic E-state index is 12.4. The third-order valence-corrected chi connectivity index (χ3v) is 10.6. The van der Waals surface area contributed by atoms with Crippen molar-refractivity contribution < 1.29 is 62.3 Å². The molecule has 6 N–H and O–H groups in total. The van der Waals surface area contributed by atoms with Gasteiger partial charge in [0.2, 0.25) is 10.0 Å². The number of fused-ring (bicyclic) bond motifs is 2. The average Bonchev–Trinajstić information content (AvgIpc) is 3.03. The van der Waals surface area contributed by atoms with Gasteiger partial charge in [0, 0.05) is 27.9 Å². The Morgan fingerprint density at radius 1 is 0.679 bits per heavy atom. The van der Waals surface area contributed by atoms with Gasteiger partial charge in [-0.25, -0.2) is 8.42 Å². The van der Waals surface area contributed by atoms with Crippen LogP contribution in [0, 0.1) is 6.92 Å². The van der Waals surface area contributed by atoms with Crippen LogP contribution in [0.1, 0.15) is 5.56 Å². The van der Waals surface area contributed by atoms with Crippen molar-refractivity contribution in [3.05, 3.63) is 72.3 Å². The van der Waals surface area contributed by atoms with Crippen molar-refractivity contribution in [3.63, 3.8) is 0 Å². The van der Waals surface area contributed by atoms with Crippen LogP contribution in [-0.2, 0) is 40.4 Å². The van der Waals surface area contributed by atoms with Crippen molar-refractivity contribution in [2.45, 2.75) is 21.6 Å². The van der Waals surface area contributed by atoms with Crippen LogP contribution in [0.25, 0.3) is 21.5 Å². The molecule has 19 nitrogen and oxygen atoms in total. The predicted octanol–water partition coefficient (Wildman–Crippen LogP) is 5.32. The molecule has 0 heterocycles. The highest BCUT2D eigenvalue weighted by molar-refractivity contribution is 7.92. The first-order valence-electron chi connectivity index (χ1n) is 14.6. The van der Waals surface area contributed by atoms with Crippen molar-refractivity contribution in [3.8, 4) is 11.5 Å². The first-order chi connectivity index (χ1) is 24.6. The van der Waals surface area contributed by atoms with Gasteiger partial charge in [-0.1, -0.05) is 18.2 Å². The Balaban J connectivity index is 1.61. The quantitative estimate of drug-likeness (QED) is 0.0686. The summed E-state index contributed by atoms with van der Waals surface area (Å²) in [6, 6.07) is 12.9. The summed E-state index contributed by atoms with van der Waals surface area (Å²) in [7, 11) is -18.6. The maximum Gasteiger partial charge on any atom is 0.297 e. The number of azo groups is 2. The fourth-order valence-electron chi connectivity index (χ4n) is 5.12. The molecule has 0 fully saturated rings. The van der Waals surface area contributed by atoms with Crippen molar-refractivity contribution in [1.29, 1.82) is 0 Å². The summed E-state index contributed by atoms with van der Waals surface area (Å²) >= 11 is 0. The Hall–Kier alpha value is -5.14. The number of sulfonamides is 1. The normalized spacial score (nSPS) is 13.0. The van der Waals surface area contributed by atoms with Gasteiger partial charge >= 0.3 is 0 Å². The van der Waals surface area contributed by atoms with E-state index in [1.807, 2.05) is 0 Å². The molecule has 0 amide bonds. The van der Waals surface area contributed by atoms with E-state index in [0.717, 1.165) is 36.6 Å². The second kappa shape index (κ2) is 14.4. The number of nitrogens with one attached hydrogen (secondary N) is 1. The molecule has 0 aromatic heterocycles. The van der Waals surface area contributed by atoms with E-state index >= 15 is 0 Å². The van der Waals surface area contributed by atoms with E-state index in [-0.39, 0.29) is 56.5 Å². The van der Waals surface area contributed by atoms with E-state index in [1.54, 1.807) is 0 Å². The van der Waals surface area contributed by atoms with Crippen molar-refractivity contribution in [1.82, 2.24) is 0 Å². The van der Waals surface area contributed by atoms with E-state index in [1.165, 1.54) is 43.3 Å². The fourth-order valence-corrected chi connectivity index (χ4v) is 7.87. The molecule has 0 radical (unpaired) electrons. The van der Waals surface area contributed by atoms with E-state index in [4.69, 9.17) is 4.74 Å². The highest BCUT2D eigenvalue weighted by atomic mass is 32.2. The third-order valence-electron chi connectivity index (χ3n) is 7.27. The Kier molecular flexibility index (Phi) is 10.6. The molecule has 23 heteroatoms. The lowest BCUT2D eigenvalue weighted by atomic mass is 10.1. The largest absolute Gasteiger partial charge is 0.505 e. The second-order valence-electron chi connectivity index (χ2n) is 11.2. The van der Waals surface area contributed by atoms with E-state index < -0.39 is 78.8 Å². The molecule has 0 unspecified atom stereocenters. The average molecular weight is 810 g/mol. The third kappa shape index (κ3) is 8.74. The van der Waals surface area contributed by atoms with Crippen LogP contribution >= 0.6 is 0 Å². The smallest absolute Gasteiger partial charge is 0.297 e. The molecule has 0 bridgehead atoms. The van der Waals surface area contributed by atoms with Crippen molar-refractivity contribution in [2.75, 3.05) is 24.2 Å². The Morgan fingerprint density at radius 2 is 1.32 bits per heavy atom. The molecule has 0 aliphatic heterocycles. The molecule has 5 aromatic rings. The number of aliphatic hydroxyl groups is 1. The molecule has 0 saturated carbocycles. The van der Waals surface area contributed by atoms with Crippen molar-refractivity contribution >= 4 is 90.4 Å². The molecule has 0 aliphatic carbocycles. The van der Waals surface area contributed by atoms with Gasteiger partial charge in [0.1, 0.15) is 44.1 Å². The molecule has 0 saturated heterocycles. The number of hydrogen-bond donors (Lipinski definition) is 6. The summed E-state index contributed by atoms with van der Waals surface area (Å²) in [5, 5.41) is 35.8. The minimum absolute atomic E-state index is 0.0151. The summed E-state index contributed by atoms with van der Waals surface area (Å²) in [4.78, 5) is -2.31.